The highest BCUT2D eigenvalue weighted by Crippen LogP contribution is 2.25. The monoisotopic (exact) mass is 198 g/mol. The maximum absolute atomic E-state index is 5.56. The van der Waals surface area contributed by atoms with E-state index in [0.29, 0.717) is 0 Å². The van der Waals surface area contributed by atoms with E-state index in [1.54, 1.807) is 0 Å². The highest BCUT2D eigenvalue weighted by atomic mass is 15.2. The number of hydrogen-bond acceptors (Lipinski definition) is 2. The zero-order chi connectivity index (χ0) is 10.2. The van der Waals surface area contributed by atoms with Crippen LogP contribution in [0.5, 0.6) is 0 Å². The Labute approximate surface area is 88.8 Å². The zero-order valence-electron chi connectivity index (χ0n) is 9.67. The molecule has 1 aliphatic carbocycles. The summed E-state index contributed by atoms with van der Waals surface area (Å²) in [7, 11) is 0. The van der Waals surface area contributed by atoms with E-state index in [0.717, 1.165) is 12.6 Å². The highest BCUT2D eigenvalue weighted by Gasteiger charge is 2.23. The Balaban J connectivity index is 2.14. The molecule has 0 bridgehead atoms. The first-order valence-corrected chi connectivity index (χ1v) is 6.32. The predicted octanol–water partition coefficient (Wildman–Crippen LogP) is 2.38. The van der Waals surface area contributed by atoms with Gasteiger partial charge in [-0.15, -0.1) is 0 Å². The molecule has 14 heavy (non-hydrogen) atoms. The second-order valence-electron chi connectivity index (χ2n) is 4.47. The van der Waals surface area contributed by atoms with Crippen molar-refractivity contribution in [1.29, 1.82) is 0 Å². The maximum atomic E-state index is 5.56. The third kappa shape index (κ3) is 3.97. The van der Waals surface area contributed by atoms with E-state index in [4.69, 9.17) is 5.73 Å². The van der Waals surface area contributed by atoms with Crippen LogP contribution >= 0.6 is 0 Å². The van der Waals surface area contributed by atoms with Gasteiger partial charge in [0.25, 0.3) is 0 Å². The normalized spacial score (nSPS) is 17.4. The number of nitrogens with two attached hydrogens (primary N) is 1. The molecule has 0 saturated heterocycles. The molecule has 0 aromatic rings. The number of unbranched alkanes of at least 4 members (excludes halogenated alkanes) is 2. The molecule has 0 aliphatic heterocycles. The fourth-order valence-corrected chi connectivity index (χ4v) is 2.09. The van der Waals surface area contributed by atoms with E-state index in [1.807, 2.05) is 0 Å². The number of rotatable bonds is 8. The maximum Gasteiger partial charge on any atom is 0.00952 e. The van der Waals surface area contributed by atoms with E-state index in [2.05, 4.69) is 11.8 Å². The first-order chi connectivity index (χ1) is 6.88. The van der Waals surface area contributed by atoms with Gasteiger partial charge in [-0.25, -0.2) is 0 Å². The summed E-state index contributed by atoms with van der Waals surface area (Å²) in [5.74, 6) is 0. The van der Waals surface area contributed by atoms with E-state index in [9.17, 15) is 0 Å². The molecule has 0 radical (unpaired) electrons. The Morgan fingerprint density at radius 3 is 2.36 bits per heavy atom. The molecule has 84 valence electrons. The van der Waals surface area contributed by atoms with Crippen LogP contribution in [0.3, 0.4) is 0 Å². The van der Waals surface area contributed by atoms with Gasteiger partial charge in [0.2, 0.25) is 0 Å². The molecule has 0 spiro atoms. The van der Waals surface area contributed by atoms with Crippen LogP contribution in [0, 0.1) is 0 Å². The molecule has 1 fully saturated rings. The lowest BCUT2D eigenvalue weighted by atomic mass is 9.91. The van der Waals surface area contributed by atoms with Gasteiger partial charge in [-0.2, -0.15) is 0 Å². The standard InChI is InChI=1S/C12H26N2/c1-2-3-4-10-14(11-6-9-13)12-7-5-8-12/h12H,2-11,13H2,1H3. The molecule has 0 aromatic heterocycles. The van der Waals surface area contributed by atoms with Gasteiger partial charge in [-0.1, -0.05) is 26.2 Å². The molecule has 2 nitrogen and oxygen atoms in total. The van der Waals surface area contributed by atoms with Crippen molar-refractivity contribution in [1.82, 2.24) is 4.90 Å². The summed E-state index contributed by atoms with van der Waals surface area (Å²) < 4.78 is 0. The third-order valence-electron chi connectivity index (χ3n) is 3.29. The summed E-state index contributed by atoms with van der Waals surface area (Å²) in [6, 6.07) is 0.901. The van der Waals surface area contributed by atoms with E-state index in [1.165, 1.54) is 58.0 Å². The Morgan fingerprint density at radius 2 is 1.86 bits per heavy atom. The third-order valence-corrected chi connectivity index (χ3v) is 3.29. The summed E-state index contributed by atoms with van der Waals surface area (Å²) in [4.78, 5) is 2.67. The van der Waals surface area contributed by atoms with Crippen molar-refractivity contribution in [2.75, 3.05) is 19.6 Å². The van der Waals surface area contributed by atoms with Crippen molar-refractivity contribution >= 4 is 0 Å². The first-order valence-electron chi connectivity index (χ1n) is 6.32. The second-order valence-corrected chi connectivity index (χ2v) is 4.47. The van der Waals surface area contributed by atoms with Crippen LogP contribution in [0.2, 0.25) is 0 Å². The van der Waals surface area contributed by atoms with Gasteiger partial charge in [-0.05, 0) is 45.3 Å². The molecular formula is C12H26N2. The van der Waals surface area contributed by atoms with Crippen LogP contribution in [-0.2, 0) is 0 Å². The van der Waals surface area contributed by atoms with Crippen LogP contribution in [0.1, 0.15) is 51.9 Å². The summed E-state index contributed by atoms with van der Waals surface area (Å²) in [6.07, 6.45) is 9.55. The smallest absolute Gasteiger partial charge is 0.00952 e. The van der Waals surface area contributed by atoms with Gasteiger partial charge in [0.05, 0.1) is 0 Å². The molecule has 0 aromatic carbocycles. The molecule has 0 amide bonds. The number of nitrogens with zero attached hydrogens (tertiary/aromatic N) is 1. The first kappa shape index (κ1) is 12.0. The van der Waals surface area contributed by atoms with Gasteiger partial charge in [-0.3, -0.25) is 0 Å². The molecule has 2 heteroatoms. The topological polar surface area (TPSA) is 29.3 Å². The average molecular weight is 198 g/mol. The van der Waals surface area contributed by atoms with Crippen molar-refractivity contribution in [2.24, 2.45) is 5.73 Å². The average Bonchev–Trinajstić information content (AvgIpc) is 2.11. The van der Waals surface area contributed by atoms with Crippen LogP contribution in [0.15, 0.2) is 0 Å². The van der Waals surface area contributed by atoms with Crippen LogP contribution in [0.4, 0.5) is 0 Å². The minimum Gasteiger partial charge on any atom is -0.330 e. The van der Waals surface area contributed by atoms with Crippen molar-refractivity contribution in [2.45, 2.75) is 57.9 Å². The van der Waals surface area contributed by atoms with Gasteiger partial charge in [0, 0.05) is 6.04 Å². The van der Waals surface area contributed by atoms with Crippen molar-refractivity contribution in [3.8, 4) is 0 Å². The molecule has 0 atom stereocenters. The lowest BCUT2D eigenvalue weighted by Crippen LogP contribution is -2.41. The van der Waals surface area contributed by atoms with Crippen molar-refractivity contribution in [3.05, 3.63) is 0 Å². The largest absolute Gasteiger partial charge is 0.330 e. The second kappa shape index (κ2) is 7.24. The Kier molecular flexibility index (Phi) is 6.20. The van der Waals surface area contributed by atoms with Crippen LogP contribution < -0.4 is 5.73 Å². The number of hydrogen-bond donors (Lipinski definition) is 1. The van der Waals surface area contributed by atoms with Crippen LogP contribution in [-0.4, -0.2) is 30.6 Å². The fraction of sp³-hybridized carbons (Fsp3) is 1.00. The molecule has 0 unspecified atom stereocenters. The van der Waals surface area contributed by atoms with Crippen molar-refractivity contribution in [3.63, 3.8) is 0 Å². The SMILES string of the molecule is CCCCCN(CCCN)C1CCC1. The van der Waals surface area contributed by atoms with Gasteiger partial charge in [0.1, 0.15) is 0 Å². The molecule has 1 rings (SSSR count). The van der Waals surface area contributed by atoms with E-state index >= 15 is 0 Å². The molecule has 2 N–H and O–H groups in total. The van der Waals surface area contributed by atoms with E-state index < -0.39 is 0 Å². The summed E-state index contributed by atoms with van der Waals surface area (Å²) in [5, 5.41) is 0. The minimum absolute atomic E-state index is 0.844. The summed E-state index contributed by atoms with van der Waals surface area (Å²) in [6.45, 7) is 5.65. The predicted molar refractivity (Wildman–Crippen MR) is 62.4 cm³/mol. The fourth-order valence-electron chi connectivity index (χ4n) is 2.09. The quantitative estimate of drug-likeness (QED) is 0.607. The van der Waals surface area contributed by atoms with Gasteiger partial charge in [0.15, 0.2) is 0 Å². The summed E-state index contributed by atoms with van der Waals surface area (Å²) >= 11 is 0. The molecule has 0 heterocycles. The van der Waals surface area contributed by atoms with Gasteiger partial charge >= 0.3 is 0 Å². The van der Waals surface area contributed by atoms with E-state index in [-0.39, 0.29) is 0 Å². The Bertz CT molecular complexity index is 132. The molecule has 1 aliphatic rings. The minimum atomic E-state index is 0.844. The lowest BCUT2D eigenvalue weighted by Gasteiger charge is -2.37. The zero-order valence-corrected chi connectivity index (χ0v) is 9.67. The van der Waals surface area contributed by atoms with Crippen molar-refractivity contribution < 1.29 is 0 Å². The van der Waals surface area contributed by atoms with Crippen LogP contribution in [0.25, 0.3) is 0 Å². The Hall–Kier alpha value is -0.0800. The highest BCUT2D eigenvalue weighted by molar-refractivity contribution is 4.79. The lowest BCUT2D eigenvalue weighted by molar-refractivity contribution is 0.124. The Morgan fingerprint density at radius 1 is 1.14 bits per heavy atom. The van der Waals surface area contributed by atoms with Gasteiger partial charge < -0.3 is 10.6 Å². The molecule has 1 saturated carbocycles. The molecular weight excluding hydrogens is 172 g/mol. The summed E-state index contributed by atoms with van der Waals surface area (Å²) in [5.41, 5.74) is 5.56.